The molecule has 21 heavy (non-hydrogen) atoms. The van der Waals surface area contributed by atoms with Crippen molar-refractivity contribution in [1.29, 1.82) is 0 Å². The largest absolute Gasteiger partial charge is 0.414 e. The maximum absolute atomic E-state index is 6.25. The average Bonchev–Trinajstić information content (AvgIpc) is 2.45. The van der Waals surface area contributed by atoms with Crippen molar-refractivity contribution in [2.75, 3.05) is 18.2 Å². The van der Waals surface area contributed by atoms with Crippen molar-refractivity contribution < 1.29 is 9.26 Å². The Bertz CT molecular complexity index is 479. The van der Waals surface area contributed by atoms with Gasteiger partial charge < -0.3 is 4.43 Å². The Morgan fingerprint density at radius 1 is 1.24 bits per heavy atom. The van der Waals surface area contributed by atoms with Gasteiger partial charge in [0.25, 0.3) is 0 Å². The van der Waals surface area contributed by atoms with Crippen LogP contribution in [0.2, 0.25) is 18.1 Å². The van der Waals surface area contributed by atoms with Crippen LogP contribution in [0.25, 0.3) is 0 Å². The zero-order chi connectivity index (χ0) is 15.5. The molecule has 0 amide bonds. The highest BCUT2D eigenvalue weighted by Gasteiger charge is 2.37. The Labute approximate surface area is 129 Å². The highest BCUT2D eigenvalue weighted by Crippen LogP contribution is 2.36. The standard InChI is InChI=1S/C17H27NO2Si/c1-17(2,3)21(4,5)19-14-16-12-9-13-18(20-16)15-10-7-6-8-11-15/h6-12,16H,13-14H2,1-5H3/t16-/m0/s1. The van der Waals surface area contributed by atoms with Crippen LogP contribution in [0.1, 0.15) is 20.8 Å². The van der Waals surface area contributed by atoms with Gasteiger partial charge in [-0.15, -0.1) is 0 Å². The molecule has 2 rings (SSSR count). The lowest BCUT2D eigenvalue weighted by molar-refractivity contribution is 0.0253. The van der Waals surface area contributed by atoms with E-state index < -0.39 is 8.32 Å². The summed E-state index contributed by atoms with van der Waals surface area (Å²) in [6, 6.07) is 10.2. The molecule has 0 saturated carbocycles. The van der Waals surface area contributed by atoms with Crippen LogP contribution in [0.15, 0.2) is 42.5 Å². The predicted molar refractivity (Wildman–Crippen MR) is 91.0 cm³/mol. The third-order valence-corrected chi connectivity index (χ3v) is 8.84. The minimum Gasteiger partial charge on any atom is -0.414 e. The van der Waals surface area contributed by atoms with E-state index in [-0.39, 0.29) is 11.1 Å². The summed E-state index contributed by atoms with van der Waals surface area (Å²) in [6.07, 6.45) is 4.25. The summed E-state index contributed by atoms with van der Waals surface area (Å²) in [7, 11) is -1.72. The van der Waals surface area contributed by atoms with E-state index in [1.807, 2.05) is 23.3 Å². The molecule has 0 fully saturated rings. The van der Waals surface area contributed by atoms with E-state index in [1.165, 1.54) is 0 Å². The van der Waals surface area contributed by atoms with Crippen LogP contribution in [0.5, 0.6) is 0 Å². The highest BCUT2D eigenvalue weighted by molar-refractivity contribution is 6.74. The summed E-state index contributed by atoms with van der Waals surface area (Å²) in [4.78, 5) is 6.02. The number of nitrogens with zero attached hydrogens (tertiary/aromatic N) is 1. The molecule has 1 aromatic carbocycles. The first kappa shape index (κ1) is 16.3. The quantitative estimate of drug-likeness (QED) is 0.608. The monoisotopic (exact) mass is 305 g/mol. The van der Waals surface area contributed by atoms with E-state index in [4.69, 9.17) is 9.26 Å². The average molecular weight is 305 g/mol. The maximum atomic E-state index is 6.25. The van der Waals surface area contributed by atoms with Gasteiger partial charge in [0.15, 0.2) is 8.32 Å². The molecule has 4 heteroatoms. The molecule has 3 nitrogen and oxygen atoms in total. The fraction of sp³-hybridized carbons (Fsp3) is 0.529. The predicted octanol–water partition coefficient (Wildman–Crippen LogP) is 4.38. The van der Waals surface area contributed by atoms with Crippen LogP contribution >= 0.6 is 0 Å². The van der Waals surface area contributed by atoms with Crippen molar-refractivity contribution >= 4 is 14.0 Å². The molecule has 0 saturated heterocycles. The van der Waals surface area contributed by atoms with Gasteiger partial charge in [-0.05, 0) is 30.3 Å². The Hall–Kier alpha value is -1.10. The number of hydroxylamine groups is 1. The Balaban J connectivity index is 1.94. The molecule has 0 aromatic heterocycles. The topological polar surface area (TPSA) is 21.7 Å². The molecule has 116 valence electrons. The lowest BCUT2D eigenvalue weighted by Crippen LogP contribution is -2.44. The Morgan fingerprint density at radius 3 is 2.52 bits per heavy atom. The van der Waals surface area contributed by atoms with Gasteiger partial charge in [0.05, 0.1) is 18.8 Å². The van der Waals surface area contributed by atoms with Crippen molar-refractivity contribution in [2.45, 2.75) is 45.0 Å². The number of benzene rings is 1. The van der Waals surface area contributed by atoms with Gasteiger partial charge in [0.2, 0.25) is 0 Å². The van der Waals surface area contributed by atoms with Crippen molar-refractivity contribution in [3.63, 3.8) is 0 Å². The number of para-hydroxylation sites is 1. The molecular weight excluding hydrogens is 278 g/mol. The van der Waals surface area contributed by atoms with Crippen molar-refractivity contribution in [1.82, 2.24) is 0 Å². The summed E-state index contributed by atoms with van der Waals surface area (Å²) in [5.41, 5.74) is 1.08. The fourth-order valence-electron chi connectivity index (χ4n) is 1.90. The normalized spacial score (nSPS) is 19.9. The van der Waals surface area contributed by atoms with Crippen LogP contribution < -0.4 is 5.06 Å². The third-order valence-electron chi connectivity index (χ3n) is 4.34. The van der Waals surface area contributed by atoms with E-state index in [0.29, 0.717) is 6.61 Å². The first-order chi connectivity index (χ1) is 9.79. The van der Waals surface area contributed by atoms with Crippen molar-refractivity contribution in [3.05, 3.63) is 42.5 Å². The summed E-state index contributed by atoms with van der Waals surface area (Å²) < 4.78 is 6.25. The second-order valence-electron chi connectivity index (χ2n) is 7.04. The molecule has 1 heterocycles. The zero-order valence-electron chi connectivity index (χ0n) is 13.8. The molecule has 1 aliphatic rings. The molecule has 0 unspecified atom stereocenters. The second kappa shape index (κ2) is 6.34. The summed E-state index contributed by atoms with van der Waals surface area (Å²) in [5, 5.41) is 2.16. The number of anilines is 1. The van der Waals surface area contributed by atoms with Gasteiger partial charge in [0.1, 0.15) is 6.10 Å². The summed E-state index contributed by atoms with van der Waals surface area (Å²) in [6.45, 7) is 12.7. The molecular formula is C17H27NO2Si. The van der Waals surface area contributed by atoms with Gasteiger partial charge in [-0.25, -0.2) is 5.06 Å². The summed E-state index contributed by atoms with van der Waals surface area (Å²) >= 11 is 0. The van der Waals surface area contributed by atoms with E-state index in [1.54, 1.807) is 0 Å². The lowest BCUT2D eigenvalue weighted by atomic mass is 10.2. The van der Waals surface area contributed by atoms with Crippen molar-refractivity contribution in [3.8, 4) is 0 Å². The molecule has 0 spiro atoms. The smallest absolute Gasteiger partial charge is 0.192 e. The Kier molecular flexibility index (Phi) is 4.91. The van der Waals surface area contributed by atoms with Gasteiger partial charge in [-0.1, -0.05) is 51.1 Å². The third kappa shape index (κ3) is 4.19. The SMILES string of the molecule is CC(C)(C)[Si](C)(C)OC[C@@H]1C=CCN(c2ccccc2)O1. The Morgan fingerprint density at radius 2 is 1.90 bits per heavy atom. The van der Waals surface area contributed by atoms with Gasteiger partial charge in [-0.2, -0.15) is 0 Å². The first-order valence-electron chi connectivity index (χ1n) is 7.59. The van der Waals surface area contributed by atoms with Crippen LogP contribution in [-0.2, 0) is 9.26 Å². The molecule has 1 atom stereocenters. The van der Waals surface area contributed by atoms with E-state index in [9.17, 15) is 0 Å². The van der Waals surface area contributed by atoms with Gasteiger partial charge in [-0.3, -0.25) is 4.84 Å². The molecule has 0 radical (unpaired) electrons. The maximum Gasteiger partial charge on any atom is 0.192 e. The van der Waals surface area contributed by atoms with E-state index >= 15 is 0 Å². The van der Waals surface area contributed by atoms with E-state index in [2.05, 4.69) is 58.2 Å². The molecule has 1 aromatic rings. The van der Waals surface area contributed by atoms with Crippen molar-refractivity contribution in [2.24, 2.45) is 0 Å². The molecule has 0 N–H and O–H groups in total. The van der Waals surface area contributed by atoms with Gasteiger partial charge in [0, 0.05) is 0 Å². The summed E-state index contributed by atoms with van der Waals surface area (Å²) in [5.74, 6) is 0. The molecule has 0 aliphatic carbocycles. The van der Waals surface area contributed by atoms with E-state index in [0.717, 1.165) is 12.2 Å². The first-order valence-corrected chi connectivity index (χ1v) is 10.5. The minimum absolute atomic E-state index is 0.00641. The van der Waals surface area contributed by atoms with Crippen LogP contribution in [-0.4, -0.2) is 27.6 Å². The number of hydrogen-bond acceptors (Lipinski definition) is 3. The lowest BCUT2D eigenvalue weighted by Gasteiger charge is -2.38. The molecule has 1 aliphatic heterocycles. The minimum atomic E-state index is -1.72. The zero-order valence-corrected chi connectivity index (χ0v) is 14.8. The number of rotatable bonds is 4. The van der Waals surface area contributed by atoms with Crippen LogP contribution in [0.3, 0.4) is 0 Å². The molecule has 0 bridgehead atoms. The number of hydrogen-bond donors (Lipinski definition) is 0. The second-order valence-corrected chi connectivity index (χ2v) is 11.8. The van der Waals surface area contributed by atoms with Crippen LogP contribution in [0.4, 0.5) is 5.69 Å². The highest BCUT2D eigenvalue weighted by atomic mass is 28.4. The fourth-order valence-corrected chi connectivity index (χ4v) is 2.92. The van der Waals surface area contributed by atoms with Crippen LogP contribution in [0, 0.1) is 0 Å². The van der Waals surface area contributed by atoms with Gasteiger partial charge >= 0.3 is 0 Å².